The molecule has 0 aromatic carbocycles. The molecule has 1 fully saturated rings. The zero-order valence-electron chi connectivity index (χ0n) is 10.1. The molecule has 0 radical (unpaired) electrons. The maximum atomic E-state index is 11.4. The van der Waals surface area contributed by atoms with Crippen LogP contribution < -0.4 is 0 Å². The SMILES string of the molecule is COC(=O)[C@@H]1[C@@H](C=O)[C@H]1N(C(=O)OC)C(=O)OC. The van der Waals surface area contributed by atoms with Gasteiger partial charge in [0.25, 0.3) is 0 Å². The largest absolute Gasteiger partial charge is 0.469 e. The molecular formula is C10H13NO7. The molecule has 0 spiro atoms. The molecular weight excluding hydrogens is 246 g/mol. The standard InChI is InChI=1S/C10H13NO7/c1-16-8(13)6-5(4-12)7(6)11(9(14)17-2)10(15)18-3/h4-7H,1-3H3/t5-,6-,7-/m1/s1. The third-order valence-electron chi connectivity index (χ3n) is 2.71. The average Bonchev–Trinajstić information content (AvgIpc) is 3.11. The summed E-state index contributed by atoms with van der Waals surface area (Å²) in [5, 5.41) is 0. The lowest BCUT2D eigenvalue weighted by Gasteiger charge is -2.17. The Hall–Kier alpha value is -2.12. The quantitative estimate of drug-likeness (QED) is 0.393. The molecule has 1 aliphatic carbocycles. The molecule has 8 heteroatoms. The van der Waals surface area contributed by atoms with Gasteiger partial charge in [-0.15, -0.1) is 0 Å². The highest BCUT2D eigenvalue weighted by atomic mass is 16.6. The van der Waals surface area contributed by atoms with Crippen LogP contribution in [0, 0.1) is 11.8 Å². The topological polar surface area (TPSA) is 99.2 Å². The number of ether oxygens (including phenoxy) is 3. The normalized spacial score (nSPS) is 24.7. The third-order valence-corrected chi connectivity index (χ3v) is 2.71. The van der Waals surface area contributed by atoms with E-state index in [1.54, 1.807) is 0 Å². The van der Waals surface area contributed by atoms with Crippen LogP contribution in [0.3, 0.4) is 0 Å². The molecule has 2 amide bonds. The summed E-state index contributed by atoms with van der Waals surface area (Å²) in [6, 6.07) is -0.921. The molecule has 0 N–H and O–H groups in total. The number of nitrogens with zero attached hydrogens (tertiary/aromatic N) is 1. The van der Waals surface area contributed by atoms with E-state index in [1.807, 2.05) is 0 Å². The number of imide groups is 1. The Bertz CT molecular complexity index is 364. The molecule has 100 valence electrons. The van der Waals surface area contributed by atoms with E-state index in [9.17, 15) is 19.2 Å². The van der Waals surface area contributed by atoms with Crippen LogP contribution in [-0.4, -0.2) is 56.7 Å². The molecule has 3 atom stereocenters. The van der Waals surface area contributed by atoms with Gasteiger partial charge in [0.05, 0.1) is 39.2 Å². The van der Waals surface area contributed by atoms with E-state index >= 15 is 0 Å². The number of aldehydes is 1. The third kappa shape index (κ3) is 2.27. The van der Waals surface area contributed by atoms with Crippen molar-refractivity contribution in [2.45, 2.75) is 6.04 Å². The van der Waals surface area contributed by atoms with Gasteiger partial charge in [0.1, 0.15) is 6.29 Å². The Morgan fingerprint density at radius 1 is 1.00 bits per heavy atom. The van der Waals surface area contributed by atoms with Crippen molar-refractivity contribution >= 4 is 24.4 Å². The fourth-order valence-corrected chi connectivity index (χ4v) is 1.76. The highest BCUT2D eigenvalue weighted by Gasteiger charge is 2.62. The van der Waals surface area contributed by atoms with Crippen LogP contribution in [0.25, 0.3) is 0 Å². The smallest absolute Gasteiger partial charge is 0.419 e. The zero-order chi connectivity index (χ0) is 13.9. The maximum Gasteiger partial charge on any atom is 0.419 e. The minimum Gasteiger partial charge on any atom is -0.469 e. The molecule has 1 rings (SSSR count). The number of methoxy groups -OCH3 is 3. The van der Waals surface area contributed by atoms with Gasteiger partial charge in [0.15, 0.2) is 0 Å². The van der Waals surface area contributed by atoms with Gasteiger partial charge >= 0.3 is 18.2 Å². The van der Waals surface area contributed by atoms with Gasteiger partial charge in [-0.05, 0) is 0 Å². The maximum absolute atomic E-state index is 11.4. The van der Waals surface area contributed by atoms with E-state index in [0.29, 0.717) is 11.2 Å². The molecule has 0 aliphatic heterocycles. The predicted octanol–water partition coefficient (Wildman–Crippen LogP) is -0.192. The van der Waals surface area contributed by atoms with Crippen LogP contribution in [0.1, 0.15) is 0 Å². The number of hydrogen-bond donors (Lipinski definition) is 0. The lowest BCUT2D eigenvalue weighted by molar-refractivity contribution is -0.143. The summed E-state index contributed by atoms with van der Waals surface area (Å²) in [6.45, 7) is 0. The lowest BCUT2D eigenvalue weighted by Crippen LogP contribution is -2.40. The zero-order valence-corrected chi connectivity index (χ0v) is 10.1. The molecule has 1 aliphatic rings. The van der Waals surface area contributed by atoms with E-state index < -0.39 is 36.0 Å². The van der Waals surface area contributed by atoms with Crippen LogP contribution in [0.15, 0.2) is 0 Å². The Labute approximate surface area is 103 Å². The van der Waals surface area contributed by atoms with Crippen molar-refractivity contribution in [1.29, 1.82) is 0 Å². The summed E-state index contributed by atoms with van der Waals surface area (Å²) in [4.78, 5) is 45.7. The first kappa shape index (κ1) is 13.9. The number of hydrogen-bond acceptors (Lipinski definition) is 7. The first-order valence-corrected chi connectivity index (χ1v) is 5.01. The van der Waals surface area contributed by atoms with Gasteiger partial charge < -0.3 is 19.0 Å². The first-order chi connectivity index (χ1) is 8.53. The fourth-order valence-electron chi connectivity index (χ4n) is 1.76. The predicted molar refractivity (Wildman–Crippen MR) is 55.5 cm³/mol. The van der Waals surface area contributed by atoms with Crippen LogP contribution in [0.4, 0.5) is 9.59 Å². The monoisotopic (exact) mass is 259 g/mol. The van der Waals surface area contributed by atoms with Gasteiger partial charge in [-0.1, -0.05) is 0 Å². The van der Waals surface area contributed by atoms with Crippen molar-refractivity contribution in [2.24, 2.45) is 11.8 Å². The summed E-state index contributed by atoms with van der Waals surface area (Å²) in [6.07, 6.45) is -1.50. The van der Waals surface area contributed by atoms with E-state index in [-0.39, 0.29) is 0 Å². The summed E-state index contributed by atoms with van der Waals surface area (Å²) in [5.74, 6) is -2.34. The lowest BCUT2D eigenvalue weighted by atomic mass is 10.3. The molecule has 0 heterocycles. The minimum absolute atomic E-state index is 0.491. The molecule has 0 aromatic heterocycles. The first-order valence-electron chi connectivity index (χ1n) is 5.01. The summed E-state index contributed by atoms with van der Waals surface area (Å²) in [5.41, 5.74) is 0. The summed E-state index contributed by atoms with van der Waals surface area (Å²) < 4.78 is 13.3. The van der Waals surface area contributed by atoms with Crippen molar-refractivity contribution < 1.29 is 33.4 Å². The van der Waals surface area contributed by atoms with Gasteiger partial charge in [0.2, 0.25) is 0 Å². The van der Waals surface area contributed by atoms with E-state index in [1.165, 1.54) is 0 Å². The molecule has 0 saturated heterocycles. The minimum atomic E-state index is -0.995. The van der Waals surface area contributed by atoms with E-state index in [2.05, 4.69) is 14.2 Å². The van der Waals surface area contributed by atoms with Gasteiger partial charge in [-0.2, -0.15) is 0 Å². The molecule has 0 bridgehead atoms. The second kappa shape index (κ2) is 5.48. The Kier molecular flexibility index (Phi) is 4.24. The van der Waals surface area contributed by atoms with E-state index in [0.717, 1.165) is 21.3 Å². The van der Waals surface area contributed by atoms with Gasteiger partial charge in [-0.25, -0.2) is 14.5 Å². The number of amides is 2. The second-order valence-electron chi connectivity index (χ2n) is 3.56. The van der Waals surface area contributed by atoms with Crippen LogP contribution in [-0.2, 0) is 23.8 Å². The Morgan fingerprint density at radius 3 is 1.83 bits per heavy atom. The second-order valence-corrected chi connectivity index (χ2v) is 3.56. The number of rotatable bonds is 3. The highest BCUT2D eigenvalue weighted by molar-refractivity contribution is 5.93. The number of esters is 1. The number of carbonyl (C=O) groups is 4. The summed E-state index contributed by atoms with van der Waals surface area (Å²) in [7, 11) is 3.30. The molecule has 8 nitrogen and oxygen atoms in total. The molecule has 1 saturated carbocycles. The van der Waals surface area contributed by atoms with Crippen molar-refractivity contribution in [3.05, 3.63) is 0 Å². The van der Waals surface area contributed by atoms with Crippen molar-refractivity contribution in [3.63, 3.8) is 0 Å². The van der Waals surface area contributed by atoms with Crippen molar-refractivity contribution in [3.8, 4) is 0 Å². The van der Waals surface area contributed by atoms with Crippen molar-refractivity contribution in [1.82, 2.24) is 4.90 Å². The van der Waals surface area contributed by atoms with Crippen LogP contribution in [0.5, 0.6) is 0 Å². The molecule has 0 aromatic rings. The fraction of sp³-hybridized carbons (Fsp3) is 0.600. The van der Waals surface area contributed by atoms with Gasteiger partial charge in [0, 0.05) is 0 Å². The summed E-state index contributed by atoms with van der Waals surface area (Å²) >= 11 is 0. The Balaban J connectivity index is 2.94. The molecule has 0 unspecified atom stereocenters. The van der Waals surface area contributed by atoms with E-state index in [4.69, 9.17) is 0 Å². The highest BCUT2D eigenvalue weighted by Crippen LogP contribution is 2.43. The Morgan fingerprint density at radius 2 is 1.50 bits per heavy atom. The molecule has 18 heavy (non-hydrogen) atoms. The van der Waals surface area contributed by atoms with Gasteiger partial charge in [-0.3, -0.25) is 4.79 Å². The van der Waals surface area contributed by atoms with Crippen LogP contribution >= 0.6 is 0 Å². The van der Waals surface area contributed by atoms with Crippen molar-refractivity contribution in [2.75, 3.05) is 21.3 Å². The average molecular weight is 259 g/mol. The number of carbonyl (C=O) groups excluding carboxylic acids is 4. The van der Waals surface area contributed by atoms with Crippen LogP contribution in [0.2, 0.25) is 0 Å².